The lowest BCUT2D eigenvalue weighted by Gasteiger charge is -2.41. The number of ether oxygens (including phenoxy) is 3. The van der Waals surface area contributed by atoms with Gasteiger partial charge in [0.05, 0.1) is 42.7 Å². The highest BCUT2D eigenvalue weighted by Crippen LogP contribution is 2.30. The van der Waals surface area contributed by atoms with Crippen molar-refractivity contribution in [2.45, 2.75) is 162 Å². The summed E-state index contributed by atoms with van der Waals surface area (Å²) >= 11 is 0. The fourth-order valence-electron chi connectivity index (χ4n) is 9.30. The van der Waals surface area contributed by atoms with Crippen molar-refractivity contribution < 1.29 is 48.1 Å². The molecule has 0 bridgehead atoms. The van der Waals surface area contributed by atoms with Crippen LogP contribution in [0.2, 0.25) is 0 Å². The first-order chi connectivity index (χ1) is 30.5. The number of aromatic amines is 1. The van der Waals surface area contributed by atoms with Crippen molar-refractivity contribution in [2.75, 3.05) is 41.4 Å². The van der Waals surface area contributed by atoms with E-state index in [1.165, 1.54) is 14.2 Å². The summed E-state index contributed by atoms with van der Waals surface area (Å²) in [5, 5.41) is 16.1. The lowest BCUT2D eigenvalue weighted by Crippen LogP contribution is -2.60. The van der Waals surface area contributed by atoms with Gasteiger partial charge in [-0.2, -0.15) is 0 Å². The second-order valence-electron chi connectivity index (χ2n) is 19.6. The van der Waals surface area contributed by atoms with E-state index in [4.69, 9.17) is 19.3 Å². The number of rotatable bonds is 25. The predicted octanol–water partition coefficient (Wildman–Crippen LogP) is 5.42. The molecule has 2 heterocycles. The minimum Gasteiger partial charge on any atom is -0.481 e. The number of carbonyl (C=O) groups excluding carboxylic acids is 5. The number of carboxylic acids is 1. The number of benzene rings is 1. The molecule has 1 aliphatic rings. The summed E-state index contributed by atoms with van der Waals surface area (Å²) in [7, 11) is 6.53. The number of nitrogens with zero attached hydrogens (tertiary/aromatic N) is 3. The van der Waals surface area contributed by atoms with E-state index in [2.05, 4.69) is 15.6 Å². The van der Waals surface area contributed by atoms with Crippen LogP contribution in [-0.2, 0) is 49.4 Å². The quantitative estimate of drug-likeness (QED) is 0.0928. The van der Waals surface area contributed by atoms with Gasteiger partial charge in [0.15, 0.2) is 0 Å². The molecule has 1 aromatic carbocycles. The van der Waals surface area contributed by atoms with Gasteiger partial charge in [-0.1, -0.05) is 73.1 Å². The highest BCUT2D eigenvalue weighted by molar-refractivity contribution is 5.91. The van der Waals surface area contributed by atoms with Crippen LogP contribution in [0.3, 0.4) is 0 Å². The fraction of sp³-hybridized carbons (Fsp3) is 0.714. The number of aliphatic carboxylic acids is 1. The van der Waals surface area contributed by atoms with Crippen LogP contribution in [0.25, 0.3) is 10.9 Å². The van der Waals surface area contributed by atoms with Crippen LogP contribution in [0, 0.1) is 23.7 Å². The van der Waals surface area contributed by atoms with Crippen molar-refractivity contribution in [1.29, 1.82) is 0 Å². The zero-order chi connectivity index (χ0) is 48.9. The summed E-state index contributed by atoms with van der Waals surface area (Å²) in [6.07, 6.45) is 2.92. The molecule has 0 saturated carbocycles. The SMILES string of the molecule is CCC(C)C(C(CC(=O)N1CCC[C@H]1C(OC)C(C)C(=O)NC(Cc1c[nH]c2ccccc12)C(=O)OC(C)(C)C)OC)N(C)C(=O)C(NC(=O)C(C(C)C)N(C)CCCC(=O)O)C(C)C. The number of carboxylic acid groups (broad SMARTS) is 1. The first-order valence-corrected chi connectivity index (χ1v) is 23.4. The maximum atomic E-state index is 14.5. The zero-order valence-electron chi connectivity index (χ0n) is 41.6. The number of aromatic nitrogens is 1. The summed E-state index contributed by atoms with van der Waals surface area (Å²) in [4.78, 5) is 90.2. The Hall–Kier alpha value is -4.54. The molecule has 65 heavy (non-hydrogen) atoms. The first-order valence-electron chi connectivity index (χ1n) is 23.4. The van der Waals surface area contributed by atoms with Crippen molar-refractivity contribution >= 4 is 46.5 Å². The van der Waals surface area contributed by atoms with Crippen LogP contribution in [0.1, 0.15) is 113 Å². The predicted molar refractivity (Wildman–Crippen MR) is 251 cm³/mol. The molecule has 3 rings (SSSR count). The van der Waals surface area contributed by atoms with Gasteiger partial charge in [0, 0.05) is 57.8 Å². The average Bonchev–Trinajstić information content (AvgIpc) is 3.88. The Morgan fingerprint density at radius 3 is 2.17 bits per heavy atom. The maximum Gasteiger partial charge on any atom is 0.329 e. The summed E-state index contributed by atoms with van der Waals surface area (Å²) in [6.45, 7) is 19.5. The Balaban J connectivity index is 1.82. The Morgan fingerprint density at radius 1 is 0.938 bits per heavy atom. The molecule has 1 aromatic heterocycles. The second-order valence-corrected chi connectivity index (χ2v) is 19.6. The number of fused-ring (bicyclic) bond motifs is 1. The van der Waals surface area contributed by atoms with Crippen molar-refractivity contribution in [1.82, 2.24) is 30.3 Å². The van der Waals surface area contributed by atoms with Gasteiger partial charge in [-0.05, 0) is 83.0 Å². The molecule has 2 aromatic rings. The molecule has 9 atom stereocenters. The summed E-state index contributed by atoms with van der Waals surface area (Å²) in [6, 6.07) is 4.31. The summed E-state index contributed by atoms with van der Waals surface area (Å²) in [5.41, 5.74) is 0.986. The third kappa shape index (κ3) is 15.0. The molecular formula is C49H80N6O10. The number of nitrogens with one attached hydrogen (secondary N) is 3. The molecule has 1 fully saturated rings. The largest absolute Gasteiger partial charge is 0.481 e. The van der Waals surface area contributed by atoms with Crippen molar-refractivity contribution in [3.63, 3.8) is 0 Å². The number of H-pyrrole nitrogens is 1. The first kappa shape index (κ1) is 54.8. The molecule has 16 heteroatoms. The van der Waals surface area contributed by atoms with Gasteiger partial charge in [0.2, 0.25) is 23.6 Å². The van der Waals surface area contributed by atoms with Crippen LogP contribution < -0.4 is 10.6 Å². The number of amides is 4. The Kier molecular flexibility index (Phi) is 20.9. The highest BCUT2D eigenvalue weighted by atomic mass is 16.6. The number of hydrogen-bond acceptors (Lipinski definition) is 10. The summed E-state index contributed by atoms with van der Waals surface area (Å²) in [5.74, 6) is -3.94. The van der Waals surface area contributed by atoms with Gasteiger partial charge in [-0.15, -0.1) is 0 Å². The molecule has 4 amide bonds. The Labute approximate surface area is 387 Å². The number of likely N-dealkylation sites (N-methyl/N-ethyl adjacent to an activating group) is 2. The van der Waals surface area contributed by atoms with E-state index in [1.807, 2.05) is 76.9 Å². The molecule has 1 aliphatic heterocycles. The second kappa shape index (κ2) is 24.8. The van der Waals surface area contributed by atoms with Crippen LogP contribution in [0.15, 0.2) is 30.5 Å². The van der Waals surface area contributed by atoms with Gasteiger partial charge in [-0.3, -0.25) is 28.9 Å². The Morgan fingerprint density at radius 2 is 1.60 bits per heavy atom. The number of hydrogen-bond donors (Lipinski definition) is 4. The van der Waals surface area contributed by atoms with Crippen LogP contribution in [0.4, 0.5) is 0 Å². The molecule has 0 radical (unpaired) electrons. The zero-order valence-corrected chi connectivity index (χ0v) is 41.6. The van der Waals surface area contributed by atoms with Gasteiger partial charge < -0.3 is 44.7 Å². The van der Waals surface area contributed by atoms with Gasteiger partial charge in [-0.25, -0.2) is 4.79 Å². The Bertz CT molecular complexity index is 1890. The van der Waals surface area contributed by atoms with E-state index in [9.17, 15) is 28.8 Å². The van der Waals surface area contributed by atoms with Gasteiger partial charge in [0.1, 0.15) is 17.7 Å². The molecule has 366 valence electrons. The topological polar surface area (TPSA) is 200 Å². The normalized spacial score (nSPS) is 18.2. The number of likely N-dealkylation sites (tertiary alicyclic amines) is 1. The maximum absolute atomic E-state index is 14.5. The van der Waals surface area contributed by atoms with Gasteiger partial charge in [0.25, 0.3) is 0 Å². The molecule has 0 aliphatic carbocycles. The van der Waals surface area contributed by atoms with Crippen molar-refractivity contribution in [3.8, 4) is 0 Å². The highest BCUT2D eigenvalue weighted by Gasteiger charge is 2.44. The molecule has 16 nitrogen and oxygen atoms in total. The standard InChI is InChI=1S/C49H80N6O10/c1-15-31(6)43(54(12)47(61)41(29(2)3)52-46(60)42(30(4)5)53(11)24-19-23-40(57)58)38(63-13)27-39(56)55-25-18-22-37(55)44(64-14)32(7)45(59)51-36(48(62)65-49(8,9)10)26-33-28-50-35-21-17-16-20-34(33)35/h16-17,20-21,28-32,36-38,41-44,50H,15,18-19,22-27H2,1-14H3,(H,51,59)(H,52,60)(H,57,58)/t31?,32?,36?,37-,38?,41?,42?,43?,44?/m0/s1. The smallest absolute Gasteiger partial charge is 0.329 e. The average molecular weight is 913 g/mol. The number of esters is 1. The lowest BCUT2D eigenvalue weighted by atomic mass is 9.89. The number of methoxy groups -OCH3 is 2. The van der Waals surface area contributed by atoms with Crippen molar-refractivity contribution in [2.24, 2.45) is 23.7 Å². The van der Waals surface area contributed by atoms with E-state index in [1.54, 1.807) is 51.6 Å². The molecule has 1 saturated heterocycles. The van der Waals surface area contributed by atoms with E-state index >= 15 is 0 Å². The lowest BCUT2D eigenvalue weighted by molar-refractivity contribution is -0.159. The molecular weight excluding hydrogens is 833 g/mol. The third-order valence-electron chi connectivity index (χ3n) is 12.9. The van der Waals surface area contributed by atoms with Crippen molar-refractivity contribution in [3.05, 3.63) is 36.0 Å². The van der Waals surface area contributed by atoms with E-state index in [0.717, 1.165) is 16.5 Å². The minimum atomic E-state index is -0.987. The molecule has 8 unspecified atom stereocenters. The molecule has 0 spiro atoms. The number of para-hydroxylation sites is 1. The monoisotopic (exact) mass is 913 g/mol. The minimum absolute atomic E-state index is 0.0120. The summed E-state index contributed by atoms with van der Waals surface area (Å²) < 4.78 is 17.9. The van der Waals surface area contributed by atoms with Crippen LogP contribution in [0.5, 0.6) is 0 Å². The third-order valence-corrected chi connectivity index (χ3v) is 12.9. The van der Waals surface area contributed by atoms with E-state index in [0.29, 0.717) is 38.8 Å². The van der Waals surface area contributed by atoms with Gasteiger partial charge >= 0.3 is 11.9 Å². The van der Waals surface area contributed by atoms with Crippen LogP contribution >= 0.6 is 0 Å². The fourth-order valence-corrected chi connectivity index (χ4v) is 9.30. The van der Waals surface area contributed by atoms with Crippen LogP contribution in [-0.4, -0.2) is 150 Å². The number of carbonyl (C=O) groups is 6. The molecule has 4 N–H and O–H groups in total. The van der Waals surface area contributed by atoms with E-state index < -0.39 is 71.8 Å². The van der Waals surface area contributed by atoms with E-state index in [-0.39, 0.29) is 54.7 Å².